The normalized spacial score (nSPS) is 15.1. The van der Waals surface area contributed by atoms with Crippen molar-refractivity contribution in [3.05, 3.63) is 30.1 Å². The average Bonchev–Trinajstić information content (AvgIpc) is 2.27. The van der Waals surface area contributed by atoms with Crippen LogP contribution in [0.25, 0.3) is 0 Å². The van der Waals surface area contributed by atoms with E-state index in [1.54, 1.807) is 25.3 Å². The molecule has 1 rings (SSSR count). The maximum absolute atomic E-state index is 9.11. The van der Waals surface area contributed by atoms with Crippen molar-refractivity contribution < 1.29 is 0 Å². The third-order valence-electron chi connectivity index (χ3n) is 1.87. The maximum atomic E-state index is 9.11. The van der Waals surface area contributed by atoms with Gasteiger partial charge in [-0.15, -0.1) is 0 Å². The Morgan fingerprint density at radius 1 is 1.47 bits per heavy atom. The van der Waals surface area contributed by atoms with Gasteiger partial charge in [0.05, 0.1) is 11.7 Å². The minimum absolute atomic E-state index is 0.0846. The van der Waals surface area contributed by atoms with Crippen LogP contribution in [0.4, 0.5) is 0 Å². The zero-order valence-electron chi connectivity index (χ0n) is 9.18. The third-order valence-corrected chi connectivity index (χ3v) is 1.87. The predicted molar refractivity (Wildman–Crippen MR) is 57.2 cm³/mol. The van der Waals surface area contributed by atoms with Gasteiger partial charge in [0.1, 0.15) is 6.07 Å². The molecule has 0 radical (unpaired) electrons. The van der Waals surface area contributed by atoms with Crippen molar-refractivity contribution in [2.45, 2.75) is 32.4 Å². The molecule has 1 aromatic heterocycles. The first kappa shape index (κ1) is 11.3. The van der Waals surface area contributed by atoms with Gasteiger partial charge in [-0.05, 0) is 32.9 Å². The lowest BCUT2D eigenvalue weighted by Crippen LogP contribution is -2.17. The van der Waals surface area contributed by atoms with E-state index < -0.39 is 5.54 Å². The van der Waals surface area contributed by atoms with E-state index in [0.717, 1.165) is 0 Å². The molecular formula is C11H14N4. The van der Waals surface area contributed by atoms with E-state index in [1.165, 1.54) is 0 Å². The molecule has 0 bridgehead atoms. The minimum atomic E-state index is -0.981. The summed E-state index contributed by atoms with van der Waals surface area (Å²) in [5, 5.41) is 17.2. The fraction of sp³-hybridized carbons (Fsp3) is 0.455. The van der Waals surface area contributed by atoms with Gasteiger partial charge in [0.2, 0.25) is 5.54 Å². The van der Waals surface area contributed by atoms with Crippen molar-refractivity contribution in [2.24, 2.45) is 10.2 Å². The van der Waals surface area contributed by atoms with Crippen LogP contribution in [0.3, 0.4) is 0 Å². The molecule has 0 fully saturated rings. The van der Waals surface area contributed by atoms with Crippen LogP contribution in [-0.4, -0.2) is 11.0 Å². The third kappa shape index (κ3) is 2.84. The van der Waals surface area contributed by atoms with E-state index in [0.29, 0.717) is 5.69 Å². The van der Waals surface area contributed by atoms with Gasteiger partial charge >= 0.3 is 0 Å². The highest BCUT2D eigenvalue weighted by Gasteiger charge is 2.27. The summed E-state index contributed by atoms with van der Waals surface area (Å²) in [5.41, 5.74) is -0.358. The molecule has 15 heavy (non-hydrogen) atoms. The van der Waals surface area contributed by atoms with Crippen LogP contribution in [0.2, 0.25) is 0 Å². The maximum Gasteiger partial charge on any atom is 0.206 e. The second-order valence-corrected chi connectivity index (χ2v) is 3.71. The molecule has 0 saturated heterocycles. The summed E-state index contributed by atoms with van der Waals surface area (Å²) in [4.78, 5) is 4.12. The first-order chi connectivity index (χ1) is 7.08. The van der Waals surface area contributed by atoms with Crippen LogP contribution >= 0.6 is 0 Å². The number of hydrogen-bond donors (Lipinski definition) is 0. The zero-order valence-corrected chi connectivity index (χ0v) is 9.18. The largest absolute Gasteiger partial charge is 0.258 e. The molecule has 0 spiro atoms. The SMILES string of the molecule is CC(C)N=NC(C)(C#N)c1ccccn1. The Bertz CT molecular complexity index is 377. The number of rotatable bonds is 3. The van der Waals surface area contributed by atoms with E-state index in [1.807, 2.05) is 19.9 Å². The van der Waals surface area contributed by atoms with Gasteiger partial charge < -0.3 is 0 Å². The van der Waals surface area contributed by atoms with E-state index in [-0.39, 0.29) is 6.04 Å². The van der Waals surface area contributed by atoms with E-state index >= 15 is 0 Å². The molecule has 0 amide bonds. The van der Waals surface area contributed by atoms with E-state index in [4.69, 9.17) is 5.26 Å². The highest BCUT2D eigenvalue weighted by atomic mass is 15.2. The molecule has 0 aliphatic rings. The van der Waals surface area contributed by atoms with Crippen LogP contribution in [0, 0.1) is 11.3 Å². The summed E-state index contributed by atoms with van der Waals surface area (Å²) in [6, 6.07) is 7.63. The van der Waals surface area contributed by atoms with Crippen LogP contribution in [0.1, 0.15) is 26.5 Å². The molecule has 1 unspecified atom stereocenters. The Morgan fingerprint density at radius 3 is 2.67 bits per heavy atom. The first-order valence-corrected chi connectivity index (χ1v) is 4.83. The second-order valence-electron chi connectivity index (χ2n) is 3.71. The highest BCUT2D eigenvalue weighted by Crippen LogP contribution is 2.22. The number of azo groups is 1. The Balaban J connectivity index is 3.02. The molecule has 1 aromatic rings. The number of aromatic nitrogens is 1. The summed E-state index contributed by atoms with van der Waals surface area (Å²) in [7, 11) is 0. The predicted octanol–water partition coefficient (Wildman–Crippen LogP) is 2.68. The topological polar surface area (TPSA) is 61.4 Å². The minimum Gasteiger partial charge on any atom is -0.258 e. The number of nitriles is 1. The van der Waals surface area contributed by atoms with E-state index in [2.05, 4.69) is 21.3 Å². The van der Waals surface area contributed by atoms with Crippen LogP contribution < -0.4 is 0 Å². The summed E-state index contributed by atoms with van der Waals surface area (Å²) in [6.45, 7) is 5.54. The Kier molecular flexibility index (Phi) is 3.51. The highest BCUT2D eigenvalue weighted by molar-refractivity contribution is 5.22. The lowest BCUT2D eigenvalue weighted by atomic mass is 10.0. The lowest BCUT2D eigenvalue weighted by Gasteiger charge is -2.14. The number of nitrogens with zero attached hydrogens (tertiary/aromatic N) is 4. The monoisotopic (exact) mass is 202 g/mol. The first-order valence-electron chi connectivity index (χ1n) is 4.83. The van der Waals surface area contributed by atoms with E-state index in [9.17, 15) is 0 Å². The smallest absolute Gasteiger partial charge is 0.206 e. The fourth-order valence-electron chi connectivity index (χ4n) is 1.01. The molecule has 0 N–H and O–H groups in total. The summed E-state index contributed by atoms with van der Waals surface area (Å²) >= 11 is 0. The van der Waals surface area contributed by atoms with Crippen molar-refractivity contribution in [1.82, 2.24) is 4.98 Å². The fourth-order valence-corrected chi connectivity index (χ4v) is 1.01. The Morgan fingerprint density at radius 2 is 2.20 bits per heavy atom. The average molecular weight is 202 g/mol. The molecule has 0 aliphatic carbocycles. The molecule has 4 nitrogen and oxygen atoms in total. The molecule has 1 heterocycles. The molecule has 0 saturated carbocycles. The van der Waals surface area contributed by atoms with Gasteiger partial charge in [0.15, 0.2) is 0 Å². The standard InChI is InChI=1S/C11H14N4/c1-9(2)14-15-11(3,8-12)10-6-4-5-7-13-10/h4-7,9H,1-3H3. The van der Waals surface area contributed by atoms with Crippen LogP contribution in [0.15, 0.2) is 34.6 Å². The molecular weight excluding hydrogens is 188 g/mol. The number of pyridine rings is 1. The Hall–Kier alpha value is -1.76. The van der Waals surface area contributed by atoms with Crippen molar-refractivity contribution in [2.75, 3.05) is 0 Å². The van der Waals surface area contributed by atoms with Crippen LogP contribution in [-0.2, 0) is 5.54 Å². The zero-order chi connectivity index (χ0) is 11.3. The van der Waals surface area contributed by atoms with Crippen molar-refractivity contribution in [1.29, 1.82) is 5.26 Å². The molecule has 4 heteroatoms. The van der Waals surface area contributed by atoms with Gasteiger partial charge in [0, 0.05) is 6.20 Å². The lowest BCUT2D eigenvalue weighted by molar-refractivity contribution is 0.555. The molecule has 0 aromatic carbocycles. The Labute approximate surface area is 89.7 Å². The van der Waals surface area contributed by atoms with Crippen molar-refractivity contribution >= 4 is 0 Å². The molecule has 1 atom stereocenters. The van der Waals surface area contributed by atoms with Gasteiger partial charge in [-0.3, -0.25) is 4.98 Å². The summed E-state index contributed by atoms with van der Waals surface area (Å²) in [6.07, 6.45) is 1.65. The summed E-state index contributed by atoms with van der Waals surface area (Å²) < 4.78 is 0. The number of hydrogen-bond acceptors (Lipinski definition) is 4. The van der Waals surface area contributed by atoms with Gasteiger partial charge in [-0.2, -0.15) is 15.5 Å². The molecule has 0 aliphatic heterocycles. The van der Waals surface area contributed by atoms with Gasteiger partial charge in [-0.1, -0.05) is 6.07 Å². The second kappa shape index (κ2) is 4.65. The van der Waals surface area contributed by atoms with Crippen molar-refractivity contribution in [3.63, 3.8) is 0 Å². The van der Waals surface area contributed by atoms with Crippen LogP contribution in [0.5, 0.6) is 0 Å². The van der Waals surface area contributed by atoms with Crippen molar-refractivity contribution in [3.8, 4) is 6.07 Å². The quantitative estimate of drug-likeness (QED) is 0.707. The summed E-state index contributed by atoms with van der Waals surface area (Å²) in [5.74, 6) is 0. The van der Waals surface area contributed by atoms with Gasteiger partial charge in [-0.25, -0.2) is 0 Å². The van der Waals surface area contributed by atoms with Gasteiger partial charge in [0.25, 0.3) is 0 Å². The molecule has 78 valence electrons.